The second-order valence-corrected chi connectivity index (χ2v) is 6.97. The normalized spacial score (nSPS) is 32.1. The fourth-order valence-corrected chi connectivity index (χ4v) is 3.21. The maximum absolute atomic E-state index is 10.6. The molecule has 1 aliphatic rings. The Kier molecular flexibility index (Phi) is 4.10. The van der Waals surface area contributed by atoms with Gasteiger partial charge in [0.1, 0.15) is 0 Å². The molecule has 1 aliphatic carbocycles. The minimum atomic E-state index is -0.0927. The third-order valence-corrected chi connectivity index (χ3v) is 5.44. The van der Waals surface area contributed by atoms with Crippen LogP contribution in [0.2, 0.25) is 0 Å². The van der Waals surface area contributed by atoms with Crippen molar-refractivity contribution in [3.63, 3.8) is 0 Å². The summed E-state index contributed by atoms with van der Waals surface area (Å²) < 4.78 is 0. The summed E-state index contributed by atoms with van der Waals surface area (Å²) in [5.41, 5.74) is 0.579. The Hall–Kier alpha value is -0.0400. The van der Waals surface area contributed by atoms with Gasteiger partial charge in [0, 0.05) is 0 Å². The lowest BCUT2D eigenvalue weighted by atomic mass is 9.70. The van der Waals surface area contributed by atoms with Crippen molar-refractivity contribution in [2.24, 2.45) is 22.7 Å². The number of hydrogen-bond donors (Lipinski definition) is 1. The van der Waals surface area contributed by atoms with Crippen molar-refractivity contribution in [3.8, 4) is 0 Å². The summed E-state index contributed by atoms with van der Waals surface area (Å²) in [5, 5.41) is 10.6. The Bertz CT molecular complexity index is 206. The highest BCUT2D eigenvalue weighted by molar-refractivity contribution is 4.96. The smallest absolute Gasteiger partial charge is 0.0606 e. The third kappa shape index (κ3) is 2.45. The molecule has 0 amide bonds. The van der Waals surface area contributed by atoms with Crippen LogP contribution in [0.5, 0.6) is 0 Å². The first kappa shape index (κ1) is 14.0. The van der Waals surface area contributed by atoms with Crippen LogP contribution in [0.25, 0.3) is 0 Å². The average molecular weight is 226 g/mol. The van der Waals surface area contributed by atoms with Crippen molar-refractivity contribution < 1.29 is 5.11 Å². The zero-order chi connectivity index (χ0) is 12.6. The Labute approximate surface area is 102 Å². The molecule has 1 rings (SSSR count). The molecule has 96 valence electrons. The van der Waals surface area contributed by atoms with Crippen LogP contribution in [-0.2, 0) is 0 Å². The molecule has 0 aliphatic heterocycles. The van der Waals surface area contributed by atoms with Crippen LogP contribution >= 0.6 is 0 Å². The molecule has 1 heteroatoms. The van der Waals surface area contributed by atoms with E-state index in [0.29, 0.717) is 11.8 Å². The van der Waals surface area contributed by atoms with E-state index in [0.717, 1.165) is 12.8 Å². The van der Waals surface area contributed by atoms with Crippen molar-refractivity contribution in [3.05, 3.63) is 0 Å². The fourth-order valence-electron chi connectivity index (χ4n) is 3.21. The number of aliphatic hydroxyl groups excluding tert-OH is 1. The Morgan fingerprint density at radius 2 is 1.19 bits per heavy atom. The summed E-state index contributed by atoms with van der Waals surface area (Å²) in [6.07, 6.45) is 4.64. The van der Waals surface area contributed by atoms with Crippen LogP contribution in [-0.4, -0.2) is 11.2 Å². The van der Waals surface area contributed by atoms with E-state index in [-0.39, 0.29) is 16.9 Å². The first-order valence-corrected chi connectivity index (χ1v) is 6.94. The van der Waals surface area contributed by atoms with E-state index in [1.54, 1.807) is 0 Å². The lowest BCUT2D eigenvalue weighted by Gasteiger charge is -2.38. The number of hydrogen-bond acceptors (Lipinski definition) is 1. The van der Waals surface area contributed by atoms with Crippen LogP contribution in [0, 0.1) is 22.7 Å². The van der Waals surface area contributed by atoms with Gasteiger partial charge in [0.05, 0.1) is 6.10 Å². The SMILES string of the molecule is CCC(C)(C)C1CCC(C(C)(C)CC)C1O. The van der Waals surface area contributed by atoms with E-state index < -0.39 is 0 Å². The van der Waals surface area contributed by atoms with Crippen LogP contribution < -0.4 is 0 Å². The van der Waals surface area contributed by atoms with Gasteiger partial charge in [-0.3, -0.25) is 0 Å². The molecule has 1 N–H and O–H groups in total. The molecule has 0 saturated heterocycles. The second kappa shape index (κ2) is 4.68. The molecule has 0 aromatic rings. The number of rotatable bonds is 4. The van der Waals surface area contributed by atoms with Crippen molar-refractivity contribution in [2.45, 2.75) is 73.3 Å². The molecule has 1 nitrogen and oxygen atoms in total. The van der Waals surface area contributed by atoms with Gasteiger partial charge in [-0.25, -0.2) is 0 Å². The molecule has 2 atom stereocenters. The summed E-state index contributed by atoms with van der Waals surface area (Å²) in [5.74, 6) is 0.988. The molecule has 0 spiro atoms. The van der Waals surface area contributed by atoms with Gasteiger partial charge in [-0.1, -0.05) is 54.4 Å². The van der Waals surface area contributed by atoms with Crippen LogP contribution in [0.1, 0.15) is 67.2 Å². The molecule has 0 radical (unpaired) electrons. The largest absolute Gasteiger partial charge is 0.393 e. The summed E-state index contributed by atoms with van der Waals surface area (Å²) in [6.45, 7) is 13.7. The van der Waals surface area contributed by atoms with E-state index in [4.69, 9.17) is 0 Å². The maximum Gasteiger partial charge on any atom is 0.0606 e. The quantitative estimate of drug-likeness (QED) is 0.760. The van der Waals surface area contributed by atoms with Gasteiger partial charge < -0.3 is 5.11 Å². The minimum absolute atomic E-state index is 0.0927. The zero-order valence-corrected chi connectivity index (χ0v) is 12.0. The molecule has 0 heterocycles. The van der Waals surface area contributed by atoms with Crippen molar-refractivity contribution >= 4 is 0 Å². The maximum atomic E-state index is 10.6. The summed E-state index contributed by atoms with van der Waals surface area (Å²) in [4.78, 5) is 0. The summed E-state index contributed by atoms with van der Waals surface area (Å²) >= 11 is 0. The molecule has 1 fully saturated rings. The van der Waals surface area contributed by atoms with Gasteiger partial charge in [0.15, 0.2) is 0 Å². The molecule has 2 unspecified atom stereocenters. The third-order valence-electron chi connectivity index (χ3n) is 5.44. The fraction of sp³-hybridized carbons (Fsp3) is 1.00. The monoisotopic (exact) mass is 226 g/mol. The Balaban J connectivity index is 2.79. The van der Waals surface area contributed by atoms with E-state index >= 15 is 0 Å². The average Bonchev–Trinajstić information content (AvgIpc) is 2.61. The van der Waals surface area contributed by atoms with E-state index in [9.17, 15) is 5.11 Å². The van der Waals surface area contributed by atoms with Crippen molar-refractivity contribution in [1.82, 2.24) is 0 Å². The Morgan fingerprint density at radius 3 is 1.44 bits per heavy atom. The van der Waals surface area contributed by atoms with Gasteiger partial charge >= 0.3 is 0 Å². The second-order valence-electron chi connectivity index (χ2n) is 6.97. The highest BCUT2D eigenvalue weighted by Gasteiger charge is 2.46. The van der Waals surface area contributed by atoms with Gasteiger partial charge in [0.25, 0.3) is 0 Å². The van der Waals surface area contributed by atoms with Crippen molar-refractivity contribution in [1.29, 1.82) is 0 Å². The molecular weight excluding hydrogens is 196 g/mol. The van der Waals surface area contributed by atoms with Gasteiger partial charge in [-0.05, 0) is 35.5 Å². The Morgan fingerprint density at radius 1 is 0.875 bits per heavy atom. The minimum Gasteiger partial charge on any atom is -0.393 e. The topological polar surface area (TPSA) is 20.2 Å². The first-order chi connectivity index (χ1) is 7.26. The standard InChI is InChI=1S/C15H30O/c1-7-14(3,4)11-9-10-12(13(11)16)15(5,6)8-2/h11-13,16H,7-10H2,1-6H3. The summed E-state index contributed by atoms with van der Waals surface area (Å²) in [6, 6.07) is 0. The lowest BCUT2D eigenvalue weighted by molar-refractivity contribution is -0.00635. The van der Waals surface area contributed by atoms with Crippen LogP contribution in [0.3, 0.4) is 0 Å². The predicted molar refractivity (Wildman–Crippen MR) is 70.4 cm³/mol. The van der Waals surface area contributed by atoms with Gasteiger partial charge in [-0.2, -0.15) is 0 Å². The van der Waals surface area contributed by atoms with E-state index in [1.807, 2.05) is 0 Å². The van der Waals surface area contributed by atoms with Gasteiger partial charge in [-0.15, -0.1) is 0 Å². The molecular formula is C15H30O. The molecule has 0 bridgehead atoms. The predicted octanol–water partition coefficient (Wildman–Crippen LogP) is 4.25. The molecule has 0 aromatic heterocycles. The summed E-state index contributed by atoms with van der Waals surface area (Å²) in [7, 11) is 0. The van der Waals surface area contributed by atoms with Crippen LogP contribution in [0.15, 0.2) is 0 Å². The van der Waals surface area contributed by atoms with E-state index in [1.165, 1.54) is 12.8 Å². The highest BCUT2D eigenvalue weighted by Crippen LogP contribution is 2.50. The number of aliphatic hydroxyl groups is 1. The lowest BCUT2D eigenvalue weighted by Crippen LogP contribution is -2.37. The highest BCUT2D eigenvalue weighted by atomic mass is 16.3. The van der Waals surface area contributed by atoms with Crippen LogP contribution in [0.4, 0.5) is 0 Å². The van der Waals surface area contributed by atoms with Crippen molar-refractivity contribution in [2.75, 3.05) is 0 Å². The first-order valence-electron chi connectivity index (χ1n) is 6.94. The molecule has 1 saturated carbocycles. The zero-order valence-electron chi connectivity index (χ0n) is 12.0. The van der Waals surface area contributed by atoms with E-state index in [2.05, 4.69) is 41.5 Å². The molecule has 16 heavy (non-hydrogen) atoms. The molecule has 0 aromatic carbocycles. The van der Waals surface area contributed by atoms with Gasteiger partial charge in [0.2, 0.25) is 0 Å².